The van der Waals surface area contributed by atoms with E-state index in [1.165, 1.54) is 5.56 Å². The maximum Gasteiger partial charge on any atom is 0.225 e. The highest BCUT2D eigenvalue weighted by Gasteiger charge is 2.06. The number of hydrogen-bond acceptors (Lipinski definition) is 5. The van der Waals surface area contributed by atoms with Gasteiger partial charge in [0.15, 0.2) is 0 Å². The minimum absolute atomic E-state index is 0.624. The number of nitrogens with one attached hydrogen (secondary N) is 2. The molecule has 5 heteroatoms. The first-order valence-electron chi connectivity index (χ1n) is 8.28. The number of methoxy groups -OCH3 is 1. The number of rotatable bonds is 8. The number of ether oxygens (including phenoxy) is 1. The topological polar surface area (TPSA) is 59.1 Å². The lowest BCUT2D eigenvalue weighted by Crippen LogP contribution is -2.10. The van der Waals surface area contributed by atoms with Crippen LogP contribution in [0, 0.1) is 0 Å². The predicted molar refractivity (Wildman–Crippen MR) is 103 cm³/mol. The summed E-state index contributed by atoms with van der Waals surface area (Å²) in [5, 5.41) is 7.59. The zero-order valence-corrected chi connectivity index (χ0v) is 14.3. The fourth-order valence-corrected chi connectivity index (χ4v) is 2.57. The molecule has 5 nitrogen and oxygen atoms in total. The number of benzene rings is 2. The number of anilines is 2. The van der Waals surface area contributed by atoms with E-state index in [2.05, 4.69) is 39.3 Å². The molecule has 1 heterocycles. The Labute approximate surface area is 147 Å². The van der Waals surface area contributed by atoms with Gasteiger partial charge in [0.25, 0.3) is 0 Å². The van der Waals surface area contributed by atoms with Crippen molar-refractivity contribution in [1.29, 1.82) is 0 Å². The molecule has 0 amide bonds. The zero-order chi connectivity index (χ0) is 17.5. The Morgan fingerprint density at radius 2 is 1.84 bits per heavy atom. The quantitative estimate of drug-likeness (QED) is 0.612. The van der Waals surface area contributed by atoms with E-state index in [1.807, 2.05) is 42.5 Å². The van der Waals surface area contributed by atoms with Crippen molar-refractivity contribution in [2.45, 2.75) is 6.42 Å². The van der Waals surface area contributed by atoms with Crippen LogP contribution in [0.15, 0.2) is 61.2 Å². The maximum atomic E-state index is 5.18. The zero-order valence-electron chi connectivity index (χ0n) is 14.3. The summed E-state index contributed by atoms with van der Waals surface area (Å²) in [6.07, 6.45) is 2.70. The van der Waals surface area contributed by atoms with E-state index in [-0.39, 0.29) is 0 Å². The molecule has 0 aliphatic rings. The van der Waals surface area contributed by atoms with Crippen molar-refractivity contribution < 1.29 is 4.74 Å². The Hall–Kier alpha value is -3.08. The minimum atomic E-state index is 0.624. The molecule has 1 aromatic heterocycles. The second kappa shape index (κ2) is 8.15. The number of fused-ring (bicyclic) bond motifs is 1. The van der Waals surface area contributed by atoms with Crippen LogP contribution in [0.3, 0.4) is 0 Å². The lowest BCUT2D eigenvalue weighted by atomic mass is 10.1. The summed E-state index contributed by atoms with van der Waals surface area (Å²) in [4.78, 5) is 9.19. The van der Waals surface area contributed by atoms with Gasteiger partial charge in [-0.3, -0.25) is 0 Å². The summed E-state index contributed by atoms with van der Waals surface area (Å²) in [6, 6.07) is 16.1. The van der Waals surface area contributed by atoms with Crippen LogP contribution >= 0.6 is 0 Å². The molecule has 0 aliphatic heterocycles. The van der Waals surface area contributed by atoms with Crippen molar-refractivity contribution in [3.8, 4) is 5.75 Å². The smallest absolute Gasteiger partial charge is 0.225 e. The molecular formula is C20H22N4O. The van der Waals surface area contributed by atoms with Crippen molar-refractivity contribution in [1.82, 2.24) is 9.97 Å². The summed E-state index contributed by atoms with van der Waals surface area (Å²) in [5.74, 6) is 2.31. The average molecular weight is 334 g/mol. The molecule has 2 N–H and O–H groups in total. The first-order chi connectivity index (χ1) is 12.3. The third kappa shape index (κ3) is 4.26. The first-order valence-corrected chi connectivity index (χ1v) is 8.28. The van der Waals surface area contributed by atoms with Gasteiger partial charge in [-0.05, 0) is 36.2 Å². The minimum Gasteiger partial charge on any atom is -0.497 e. The normalized spacial score (nSPS) is 10.4. The summed E-state index contributed by atoms with van der Waals surface area (Å²) >= 11 is 0. The SMILES string of the molecule is C=CCNc1nc(NCCc2ccc(OC)cc2)nc2ccccc12. The van der Waals surface area contributed by atoms with Crippen LogP contribution in [0.1, 0.15) is 5.56 Å². The molecule has 25 heavy (non-hydrogen) atoms. The van der Waals surface area contributed by atoms with E-state index in [9.17, 15) is 0 Å². The van der Waals surface area contributed by atoms with Gasteiger partial charge in [0.05, 0.1) is 12.6 Å². The fraction of sp³-hybridized carbons (Fsp3) is 0.200. The number of hydrogen-bond donors (Lipinski definition) is 2. The van der Waals surface area contributed by atoms with Crippen LogP contribution < -0.4 is 15.4 Å². The molecular weight excluding hydrogens is 312 g/mol. The van der Waals surface area contributed by atoms with Crippen LogP contribution in [-0.2, 0) is 6.42 Å². The molecule has 2 aromatic carbocycles. The summed E-state index contributed by atoms with van der Waals surface area (Å²) in [7, 11) is 1.67. The lowest BCUT2D eigenvalue weighted by molar-refractivity contribution is 0.414. The Bertz CT molecular complexity index is 846. The van der Waals surface area contributed by atoms with Gasteiger partial charge in [0.2, 0.25) is 5.95 Å². The van der Waals surface area contributed by atoms with E-state index in [0.717, 1.165) is 35.4 Å². The van der Waals surface area contributed by atoms with Gasteiger partial charge in [-0.2, -0.15) is 4.98 Å². The lowest BCUT2D eigenvalue weighted by Gasteiger charge is -2.11. The van der Waals surface area contributed by atoms with Gasteiger partial charge >= 0.3 is 0 Å². The number of para-hydroxylation sites is 1. The van der Waals surface area contributed by atoms with E-state index < -0.39 is 0 Å². The molecule has 0 unspecified atom stereocenters. The van der Waals surface area contributed by atoms with E-state index in [1.54, 1.807) is 7.11 Å². The van der Waals surface area contributed by atoms with Gasteiger partial charge in [0.1, 0.15) is 11.6 Å². The van der Waals surface area contributed by atoms with Crippen LogP contribution in [0.25, 0.3) is 10.9 Å². The van der Waals surface area contributed by atoms with Crippen molar-refractivity contribution in [2.24, 2.45) is 0 Å². The Morgan fingerprint density at radius 1 is 1.04 bits per heavy atom. The van der Waals surface area contributed by atoms with Gasteiger partial charge in [0, 0.05) is 18.5 Å². The third-order valence-electron chi connectivity index (χ3n) is 3.87. The standard InChI is InChI=1S/C20H22N4O/c1-3-13-21-19-17-6-4-5-7-18(17)23-20(24-19)22-14-12-15-8-10-16(25-2)11-9-15/h3-11H,1,12-14H2,2H3,(H2,21,22,23,24). The maximum absolute atomic E-state index is 5.18. The Kier molecular flexibility index (Phi) is 5.46. The Balaban J connectivity index is 1.70. The van der Waals surface area contributed by atoms with Crippen molar-refractivity contribution >= 4 is 22.7 Å². The summed E-state index contributed by atoms with van der Waals surface area (Å²) in [6.45, 7) is 5.16. The van der Waals surface area contributed by atoms with Crippen LogP contribution in [0.4, 0.5) is 11.8 Å². The van der Waals surface area contributed by atoms with E-state index >= 15 is 0 Å². The molecule has 0 fully saturated rings. The van der Waals surface area contributed by atoms with E-state index in [4.69, 9.17) is 4.74 Å². The molecule has 3 rings (SSSR count). The average Bonchev–Trinajstić information content (AvgIpc) is 2.66. The van der Waals surface area contributed by atoms with Crippen molar-refractivity contribution in [3.05, 3.63) is 66.7 Å². The molecule has 0 spiro atoms. The summed E-state index contributed by atoms with van der Waals surface area (Å²) < 4.78 is 5.18. The molecule has 3 aromatic rings. The first kappa shape index (κ1) is 16.8. The highest BCUT2D eigenvalue weighted by atomic mass is 16.5. The highest BCUT2D eigenvalue weighted by molar-refractivity contribution is 5.90. The van der Waals surface area contributed by atoms with Crippen molar-refractivity contribution in [3.63, 3.8) is 0 Å². The number of aromatic nitrogens is 2. The highest BCUT2D eigenvalue weighted by Crippen LogP contribution is 2.21. The molecule has 0 atom stereocenters. The molecule has 128 valence electrons. The fourth-order valence-electron chi connectivity index (χ4n) is 2.57. The monoisotopic (exact) mass is 334 g/mol. The molecule has 0 saturated carbocycles. The van der Waals surface area contributed by atoms with Gasteiger partial charge in [-0.25, -0.2) is 4.98 Å². The van der Waals surface area contributed by atoms with E-state index in [0.29, 0.717) is 12.5 Å². The number of nitrogens with zero attached hydrogens (tertiary/aromatic N) is 2. The predicted octanol–water partition coefficient (Wildman–Crippen LogP) is 3.89. The van der Waals surface area contributed by atoms with Crippen molar-refractivity contribution in [2.75, 3.05) is 30.8 Å². The molecule has 0 bridgehead atoms. The van der Waals surface area contributed by atoms with Gasteiger partial charge in [-0.1, -0.05) is 30.3 Å². The van der Waals surface area contributed by atoms with Crippen LogP contribution in [0.2, 0.25) is 0 Å². The van der Waals surface area contributed by atoms with Crippen LogP contribution in [-0.4, -0.2) is 30.2 Å². The molecule has 0 radical (unpaired) electrons. The van der Waals surface area contributed by atoms with Crippen LogP contribution in [0.5, 0.6) is 5.75 Å². The molecule has 0 aliphatic carbocycles. The largest absolute Gasteiger partial charge is 0.497 e. The summed E-state index contributed by atoms with van der Waals surface area (Å²) in [5.41, 5.74) is 2.15. The Morgan fingerprint density at radius 3 is 2.60 bits per heavy atom. The second-order valence-corrected chi connectivity index (χ2v) is 5.61. The van der Waals surface area contributed by atoms with Gasteiger partial charge in [-0.15, -0.1) is 6.58 Å². The third-order valence-corrected chi connectivity index (χ3v) is 3.87. The second-order valence-electron chi connectivity index (χ2n) is 5.61. The van der Waals surface area contributed by atoms with Gasteiger partial charge < -0.3 is 15.4 Å². The molecule has 0 saturated heterocycles.